The Morgan fingerprint density at radius 2 is 1.85 bits per heavy atom. The molecule has 0 fully saturated rings. The lowest BCUT2D eigenvalue weighted by atomic mass is 10.1. The molecule has 0 saturated carbocycles. The van der Waals surface area contributed by atoms with Gasteiger partial charge in [0, 0.05) is 5.39 Å². The van der Waals surface area contributed by atoms with Crippen LogP contribution in [0.3, 0.4) is 0 Å². The summed E-state index contributed by atoms with van der Waals surface area (Å²) in [5.74, 6) is 5.47. The van der Waals surface area contributed by atoms with Crippen molar-refractivity contribution in [2.75, 3.05) is 5.43 Å². The Balaban J connectivity index is 2.84. The third kappa shape index (κ3) is 1.19. The molecule has 0 saturated heterocycles. The number of aromatic hydroxyl groups is 1. The summed E-state index contributed by atoms with van der Waals surface area (Å²) >= 11 is 0. The first-order valence-corrected chi connectivity index (χ1v) is 4.00. The number of benzene rings is 2. The normalized spacial score (nSPS) is 10.2. The molecule has 0 aliphatic heterocycles. The summed E-state index contributed by atoms with van der Waals surface area (Å²) < 4.78 is 0. The van der Waals surface area contributed by atoms with Crippen molar-refractivity contribution < 1.29 is 5.11 Å². The highest BCUT2D eigenvalue weighted by Crippen LogP contribution is 2.30. The van der Waals surface area contributed by atoms with Crippen molar-refractivity contribution in [2.24, 2.45) is 5.84 Å². The van der Waals surface area contributed by atoms with Crippen LogP contribution in [0.1, 0.15) is 0 Å². The van der Waals surface area contributed by atoms with E-state index in [-0.39, 0.29) is 5.75 Å². The summed E-state index contributed by atoms with van der Waals surface area (Å²) in [6, 6.07) is 11.2. The molecule has 0 radical (unpaired) electrons. The predicted octanol–water partition coefficient (Wildman–Crippen LogP) is 1.83. The summed E-state index contributed by atoms with van der Waals surface area (Å²) in [4.78, 5) is 0. The second-order valence-corrected chi connectivity index (χ2v) is 2.83. The molecule has 66 valence electrons. The van der Waals surface area contributed by atoms with Gasteiger partial charge in [-0.25, -0.2) is 0 Å². The van der Waals surface area contributed by atoms with Crippen LogP contribution in [0.2, 0.25) is 0 Å². The molecule has 0 aliphatic rings. The van der Waals surface area contributed by atoms with Gasteiger partial charge in [-0.1, -0.05) is 30.3 Å². The lowest BCUT2D eigenvalue weighted by Gasteiger charge is -2.07. The highest BCUT2D eigenvalue weighted by Gasteiger charge is 2.03. The van der Waals surface area contributed by atoms with Crippen LogP contribution in [0.5, 0.6) is 5.75 Å². The molecule has 3 nitrogen and oxygen atoms in total. The molecule has 2 rings (SSSR count). The van der Waals surface area contributed by atoms with E-state index in [9.17, 15) is 5.11 Å². The lowest BCUT2D eigenvalue weighted by Crippen LogP contribution is -2.07. The van der Waals surface area contributed by atoms with Crippen molar-refractivity contribution in [3.05, 3.63) is 36.4 Å². The average Bonchev–Trinajstić information content (AvgIpc) is 2.18. The van der Waals surface area contributed by atoms with Crippen LogP contribution in [0.25, 0.3) is 10.8 Å². The average molecular weight is 174 g/mol. The minimum atomic E-state index is 0.168. The van der Waals surface area contributed by atoms with Gasteiger partial charge < -0.3 is 10.5 Å². The van der Waals surface area contributed by atoms with Crippen LogP contribution < -0.4 is 11.3 Å². The van der Waals surface area contributed by atoms with E-state index in [1.54, 1.807) is 6.07 Å². The van der Waals surface area contributed by atoms with Gasteiger partial charge in [0.05, 0.1) is 5.69 Å². The molecule has 2 aromatic rings. The van der Waals surface area contributed by atoms with Crippen molar-refractivity contribution >= 4 is 16.5 Å². The zero-order valence-corrected chi connectivity index (χ0v) is 6.99. The fourth-order valence-electron chi connectivity index (χ4n) is 1.41. The number of nitrogens with two attached hydrogens (primary N) is 1. The van der Waals surface area contributed by atoms with Crippen LogP contribution in [0.15, 0.2) is 36.4 Å². The maximum Gasteiger partial charge on any atom is 0.140 e. The van der Waals surface area contributed by atoms with Gasteiger partial charge in [0.25, 0.3) is 0 Å². The lowest BCUT2D eigenvalue weighted by molar-refractivity contribution is 0.478. The highest BCUT2D eigenvalue weighted by molar-refractivity contribution is 5.96. The number of hydrazine groups is 1. The van der Waals surface area contributed by atoms with Gasteiger partial charge in [-0.3, -0.25) is 5.84 Å². The summed E-state index contributed by atoms with van der Waals surface area (Å²) in [5, 5.41) is 11.4. The Bertz CT molecular complexity index is 440. The molecule has 3 heteroatoms. The van der Waals surface area contributed by atoms with Gasteiger partial charge in [-0.2, -0.15) is 0 Å². The number of nitrogen functional groups attached to an aromatic ring is 1. The summed E-state index contributed by atoms with van der Waals surface area (Å²) in [6.45, 7) is 0. The first-order valence-electron chi connectivity index (χ1n) is 4.00. The summed E-state index contributed by atoms with van der Waals surface area (Å²) in [7, 11) is 0. The molecule has 0 aromatic heterocycles. The van der Waals surface area contributed by atoms with Crippen LogP contribution in [-0.4, -0.2) is 5.11 Å². The zero-order chi connectivity index (χ0) is 9.26. The van der Waals surface area contributed by atoms with Crippen LogP contribution in [0.4, 0.5) is 5.69 Å². The summed E-state index contributed by atoms with van der Waals surface area (Å²) in [5.41, 5.74) is 3.06. The largest absolute Gasteiger partial charge is 0.506 e. The second kappa shape index (κ2) is 2.95. The van der Waals surface area contributed by atoms with E-state index in [4.69, 9.17) is 5.84 Å². The van der Waals surface area contributed by atoms with Gasteiger partial charge >= 0.3 is 0 Å². The predicted molar refractivity (Wildman–Crippen MR) is 53.4 cm³/mol. The molecule has 4 N–H and O–H groups in total. The molecule has 0 atom stereocenters. The van der Waals surface area contributed by atoms with Crippen molar-refractivity contribution in [3.63, 3.8) is 0 Å². The minimum Gasteiger partial charge on any atom is -0.506 e. The molecule has 0 unspecified atom stereocenters. The van der Waals surface area contributed by atoms with E-state index in [1.807, 2.05) is 30.3 Å². The first-order chi connectivity index (χ1) is 6.33. The van der Waals surface area contributed by atoms with E-state index in [0.717, 1.165) is 10.8 Å². The Morgan fingerprint density at radius 3 is 2.62 bits per heavy atom. The first kappa shape index (κ1) is 7.89. The molecule has 2 aromatic carbocycles. The zero-order valence-electron chi connectivity index (χ0n) is 6.99. The Labute approximate surface area is 75.8 Å². The topological polar surface area (TPSA) is 58.3 Å². The number of rotatable bonds is 1. The summed E-state index contributed by atoms with van der Waals surface area (Å²) in [6.07, 6.45) is 0. The number of phenolic OH excluding ortho intramolecular Hbond substituents is 1. The van der Waals surface area contributed by atoms with Crippen LogP contribution in [-0.2, 0) is 0 Å². The van der Waals surface area contributed by atoms with Gasteiger partial charge in [0.2, 0.25) is 0 Å². The van der Waals surface area contributed by atoms with Gasteiger partial charge in [-0.15, -0.1) is 0 Å². The Morgan fingerprint density at radius 1 is 1.08 bits per heavy atom. The van der Waals surface area contributed by atoms with E-state index >= 15 is 0 Å². The number of hydrogen-bond donors (Lipinski definition) is 3. The van der Waals surface area contributed by atoms with Crippen molar-refractivity contribution in [3.8, 4) is 5.75 Å². The standard InChI is InChI=1S/C10H10N2O/c11-12-10-8-4-2-1-3-7(8)5-6-9(10)13/h1-6,12-13H,11H2. The number of nitrogens with one attached hydrogen (secondary N) is 1. The van der Waals surface area contributed by atoms with Crippen LogP contribution in [0, 0.1) is 0 Å². The SMILES string of the molecule is NNc1c(O)ccc2ccccc12. The molecular formula is C10H10N2O. The van der Waals surface area contributed by atoms with Crippen LogP contribution >= 0.6 is 0 Å². The number of phenols is 1. The highest BCUT2D eigenvalue weighted by atomic mass is 16.3. The van der Waals surface area contributed by atoms with Crippen molar-refractivity contribution in [2.45, 2.75) is 0 Å². The van der Waals surface area contributed by atoms with E-state index < -0.39 is 0 Å². The van der Waals surface area contributed by atoms with E-state index in [2.05, 4.69) is 5.43 Å². The van der Waals surface area contributed by atoms with Gasteiger partial charge in [-0.05, 0) is 11.5 Å². The Hall–Kier alpha value is -1.74. The molecule has 0 amide bonds. The van der Waals surface area contributed by atoms with Gasteiger partial charge in [0.1, 0.15) is 5.75 Å². The van der Waals surface area contributed by atoms with E-state index in [0.29, 0.717) is 5.69 Å². The molecule has 0 heterocycles. The number of hydrogen-bond acceptors (Lipinski definition) is 3. The van der Waals surface area contributed by atoms with Crippen molar-refractivity contribution in [1.29, 1.82) is 0 Å². The molecular weight excluding hydrogens is 164 g/mol. The third-order valence-corrected chi connectivity index (χ3v) is 2.05. The smallest absolute Gasteiger partial charge is 0.140 e. The maximum atomic E-state index is 9.47. The third-order valence-electron chi connectivity index (χ3n) is 2.05. The monoisotopic (exact) mass is 174 g/mol. The molecule has 0 aliphatic carbocycles. The quantitative estimate of drug-likeness (QED) is 0.351. The fraction of sp³-hybridized carbons (Fsp3) is 0. The molecule has 0 bridgehead atoms. The Kier molecular flexibility index (Phi) is 1.79. The molecule has 0 spiro atoms. The maximum absolute atomic E-state index is 9.47. The number of anilines is 1. The van der Waals surface area contributed by atoms with E-state index in [1.165, 1.54) is 0 Å². The fourth-order valence-corrected chi connectivity index (χ4v) is 1.41. The minimum absolute atomic E-state index is 0.168. The van der Waals surface area contributed by atoms with Gasteiger partial charge in [0.15, 0.2) is 0 Å². The van der Waals surface area contributed by atoms with Crippen molar-refractivity contribution in [1.82, 2.24) is 0 Å². The number of fused-ring (bicyclic) bond motifs is 1. The second-order valence-electron chi connectivity index (χ2n) is 2.83. The molecule has 13 heavy (non-hydrogen) atoms.